The number of nitrogens with one attached hydrogen (secondary N) is 4. The number of carbonyl (C=O) groups is 1. The molecule has 4 aliphatic heterocycles. The summed E-state index contributed by atoms with van der Waals surface area (Å²) >= 11 is 0. The maximum atomic E-state index is 12.6. The van der Waals surface area contributed by atoms with Crippen LogP contribution in [0.4, 0.5) is 4.79 Å². The molecule has 4 heterocycles. The molecule has 6 atom stereocenters. The Bertz CT molecular complexity index is 1200. The molecule has 51 heavy (non-hydrogen) atoms. The molecule has 298 valence electrons. The van der Waals surface area contributed by atoms with Crippen LogP contribution in [0.3, 0.4) is 0 Å². The normalized spacial score (nSPS) is 27.2. The van der Waals surface area contributed by atoms with Crippen LogP contribution in [-0.4, -0.2) is 98.2 Å². The van der Waals surface area contributed by atoms with Crippen molar-refractivity contribution in [2.45, 2.75) is 149 Å². The van der Waals surface area contributed by atoms with Gasteiger partial charge in [-0.1, -0.05) is 12.6 Å². The number of piperidine rings is 2. The van der Waals surface area contributed by atoms with Gasteiger partial charge in [-0.05, 0) is 136 Å². The van der Waals surface area contributed by atoms with Crippen molar-refractivity contribution in [2.24, 2.45) is 42.8 Å². The molecule has 6 N–H and O–H groups in total. The fraction of sp³-hybridized carbons (Fsp3) is 0.969. The number of rotatable bonds is 6. The van der Waals surface area contributed by atoms with E-state index in [2.05, 4.69) is 53.6 Å². The Morgan fingerprint density at radius 3 is 1.63 bits per heavy atom. The van der Waals surface area contributed by atoms with E-state index in [4.69, 9.17) is 19.7 Å². The van der Waals surface area contributed by atoms with Gasteiger partial charge in [-0.15, -0.1) is 0 Å². The molecule has 4 aliphatic rings. The third-order valence-corrected chi connectivity index (χ3v) is 12.5. The fourth-order valence-corrected chi connectivity index (χ4v) is 8.40. The standard InChI is InChI=1S/C18H34N2O4S.C13H26N2O2S.CH4.H3N7/c1-13-14(19-25(22)17(5,6)7)18(12-23-13)8-10-20(11-9-18)15(21)24-16(2,3)4;1-10-11(15-18(16)12(2,3)4)13(9-17-10)5-7-14-8-6-13;;1-3-5-7-6-4-2/h13-14,19H,8-12H2,1-7H3;10-11,14-15H,5-9H2,1-4H3;1H4;(H3,1,2,5,6)/t13-,14+,25+;10-,11+,18+;;/m00../s1. The molecular formula is C32H67N11O6S2. The van der Waals surface area contributed by atoms with Crippen molar-refractivity contribution >= 4 is 28.1 Å². The molecule has 0 aromatic carbocycles. The average molecular weight is 766 g/mol. The van der Waals surface area contributed by atoms with E-state index >= 15 is 0 Å². The number of hydrogen-bond acceptors (Lipinski definition) is 9. The van der Waals surface area contributed by atoms with Crippen molar-refractivity contribution in [2.75, 3.05) is 39.4 Å². The minimum atomic E-state index is -1.14. The maximum absolute atomic E-state index is 12.6. The summed E-state index contributed by atoms with van der Waals surface area (Å²) in [5.74, 6) is 4.47. The summed E-state index contributed by atoms with van der Waals surface area (Å²) in [6, 6.07) is 0.244. The number of nitrogens with two attached hydrogens (primary N) is 1. The SMILES string of the molecule is C.C[C@@H]1OCC2(CCN(C(=O)OC(C)(C)C)CC2)[C@@H]1N[S@](=O)C(C)(C)C.C[C@@H]1OCC2(CCNCC2)[C@@H]1N[S@](=O)C(C)(C)C.N=N/N=N/N=N/N. The second-order valence-corrected chi connectivity index (χ2v) is 20.4. The number of hydrogen-bond donors (Lipinski definition) is 5. The molecular weight excluding hydrogens is 699 g/mol. The average Bonchev–Trinajstić information content (AvgIpc) is 3.48. The van der Waals surface area contributed by atoms with Crippen molar-refractivity contribution in [1.82, 2.24) is 19.7 Å². The van der Waals surface area contributed by atoms with Crippen LogP contribution in [0.5, 0.6) is 0 Å². The lowest BCUT2D eigenvalue weighted by molar-refractivity contribution is 0.00648. The molecule has 0 bridgehead atoms. The fourth-order valence-electron chi connectivity index (χ4n) is 6.35. The Balaban J connectivity index is 0.000000437. The molecule has 0 aromatic heterocycles. The minimum Gasteiger partial charge on any atom is -0.444 e. The molecule has 2 spiro atoms. The number of amides is 1. The molecule has 0 radical (unpaired) electrons. The largest absolute Gasteiger partial charge is 0.444 e. The Hall–Kier alpha value is -2.03. The van der Waals surface area contributed by atoms with E-state index in [1.165, 1.54) is 0 Å². The van der Waals surface area contributed by atoms with Crippen molar-refractivity contribution in [3.05, 3.63) is 0 Å². The highest BCUT2D eigenvalue weighted by Gasteiger charge is 2.52. The van der Waals surface area contributed by atoms with Gasteiger partial charge < -0.3 is 30.3 Å². The van der Waals surface area contributed by atoms with E-state index in [9.17, 15) is 13.2 Å². The molecule has 0 aliphatic carbocycles. The lowest BCUT2D eigenvalue weighted by Crippen LogP contribution is -2.55. The van der Waals surface area contributed by atoms with Gasteiger partial charge in [0.05, 0.1) is 69.0 Å². The van der Waals surface area contributed by atoms with Gasteiger partial charge in [0.25, 0.3) is 0 Å². The minimum absolute atomic E-state index is 0. The monoisotopic (exact) mass is 765 g/mol. The van der Waals surface area contributed by atoms with Crippen molar-refractivity contribution in [1.29, 1.82) is 5.53 Å². The molecule has 1 amide bonds. The van der Waals surface area contributed by atoms with E-state index in [1.807, 2.05) is 69.2 Å². The summed E-state index contributed by atoms with van der Waals surface area (Å²) in [5.41, 5.74) is 5.62. The van der Waals surface area contributed by atoms with Gasteiger partial charge in [-0.3, -0.25) is 0 Å². The predicted molar refractivity (Wildman–Crippen MR) is 200 cm³/mol. The first-order valence-corrected chi connectivity index (χ1v) is 19.6. The molecule has 0 aromatic rings. The Kier molecular flexibility index (Phi) is 18.3. The Morgan fingerprint density at radius 2 is 1.25 bits per heavy atom. The van der Waals surface area contributed by atoms with Crippen molar-refractivity contribution in [3.63, 3.8) is 0 Å². The topological polar surface area (TPSA) is 230 Å². The van der Waals surface area contributed by atoms with Gasteiger partial charge in [-0.2, -0.15) is 5.53 Å². The zero-order valence-electron chi connectivity index (χ0n) is 31.9. The lowest BCUT2D eigenvalue weighted by atomic mass is 9.73. The van der Waals surface area contributed by atoms with Crippen molar-refractivity contribution in [3.8, 4) is 0 Å². The first kappa shape index (κ1) is 47.0. The zero-order chi connectivity index (χ0) is 38.0. The summed E-state index contributed by atoms with van der Waals surface area (Å²) in [5, 5.41) is 16.9. The summed E-state index contributed by atoms with van der Waals surface area (Å²) in [7, 11) is -2.17. The van der Waals surface area contributed by atoms with Crippen LogP contribution in [0, 0.1) is 16.4 Å². The Morgan fingerprint density at radius 1 is 0.824 bits per heavy atom. The molecule has 19 heteroatoms. The van der Waals surface area contributed by atoms with Crippen LogP contribution >= 0.6 is 0 Å². The first-order chi connectivity index (χ1) is 23.1. The van der Waals surface area contributed by atoms with E-state index < -0.39 is 27.6 Å². The summed E-state index contributed by atoms with van der Waals surface area (Å²) in [6.07, 6.45) is 3.78. The predicted octanol–water partition coefficient (Wildman–Crippen LogP) is 5.30. The van der Waals surface area contributed by atoms with Crippen molar-refractivity contribution < 1.29 is 27.4 Å². The summed E-state index contributed by atoms with van der Waals surface area (Å²) in [6.45, 7) is 26.5. The highest BCUT2D eigenvalue weighted by atomic mass is 32.2. The Labute approximate surface area is 310 Å². The second-order valence-electron chi connectivity index (χ2n) is 16.4. The first-order valence-electron chi connectivity index (χ1n) is 17.3. The zero-order valence-corrected chi connectivity index (χ0v) is 33.5. The molecule has 0 unspecified atom stereocenters. The van der Waals surface area contributed by atoms with E-state index in [1.54, 1.807) is 4.90 Å². The highest BCUT2D eigenvalue weighted by molar-refractivity contribution is 7.84. The molecule has 17 nitrogen and oxygen atoms in total. The highest BCUT2D eigenvalue weighted by Crippen LogP contribution is 2.43. The number of carbonyl (C=O) groups excluding carboxylic acids is 1. The second kappa shape index (κ2) is 19.9. The van der Waals surface area contributed by atoms with Gasteiger partial charge in [0.15, 0.2) is 0 Å². The van der Waals surface area contributed by atoms with E-state index in [-0.39, 0.29) is 58.1 Å². The molecule has 4 saturated heterocycles. The summed E-state index contributed by atoms with van der Waals surface area (Å²) in [4.78, 5) is 14.1. The number of likely N-dealkylation sites (tertiary alicyclic amines) is 1. The number of nitrogens with zero attached hydrogens (tertiary/aromatic N) is 6. The van der Waals surface area contributed by atoms with Crippen LogP contribution in [-0.2, 0) is 36.2 Å². The maximum Gasteiger partial charge on any atom is 0.410 e. The van der Waals surface area contributed by atoms with Crippen LogP contribution in [0.25, 0.3) is 0 Å². The van der Waals surface area contributed by atoms with Gasteiger partial charge in [0, 0.05) is 23.9 Å². The van der Waals surface area contributed by atoms with Gasteiger partial charge in [-0.25, -0.2) is 22.7 Å². The van der Waals surface area contributed by atoms with E-state index in [0.717, 1.165) is 45.4 Å². The van der Waals surface area contributed by atoms with Gasteiger partial charge in [0.2, 0.25) is 0 Å². The van der Waals surface area contributed by atoms with Gasteiger partial charge >= 0.3 is 6.09 Å². The third-order valence-electron chi connectivity index (χ3n) is 9.29. The third kappa shape index (κ3) is 14.0. The van der Waals surface area contributed by atoms with Crippen LogP contribution < -0.4 is 20.6 Å². The lowest BCUT2D eigenvalue weighted by Gasteiger charge is -2.43. The van der Waals surface area contributed by atoms with Gasteiger partial charge in [0.1, 0.15) is 5.60 Å². The quantitative estimate of drug-likeness (QED) is 0.135. The van der Waals surface area contributed by atoms with Crippen LogP contribution in [0.2, 0.25) is 0 Å². The molecule has 0 saturated carbocycles. The smallest absolute Gasteiger partial charge is 0.410 e. The molecule has 4 rings (SSSR count). The van der Waals surface area contributed by atoms with E-state index in [0.29, 0.717) is 19.7 Å². The molecule has 4 fully saturated rings. The summed E-state index contributed by atoms with van der Waals surface area (Å²) < 4.78 is 48.3. The van der Waals surface area contributed by atoms with Crippen LogP contribution in [0.1, 0.15) is 109 Å². The number of ether oxygens (including phenoxy) is 3. The van der Waals surface area contributed by atoms with Crippen LogP contribution in [0.15, 0.2) is 26.1 Å².